The average molecular weight is 479 g/mol. The van der Waals surface area contributed by atoms with Gasteiger partial charge in [0.05, 0.1) is 0 Å². The summed E-state index contributed by atoms with van der Waals surface area (Å²) in [5.74, 6) is 1.10. The monoisotopic (exact) mass is 479 g/mol. The number of carbonyl (C=O) groups is 1. The Balaban J connectivity index is 0.00000338. The summed E-state index contributed by atoms with van der Waals surface area (Å²) in [7, 11) is 0. The van der Waals surface area contributed by atoms with Crippen molar-refractivity contribution in [1.29, 1.82) is 0 Å². The molecule has 2 N–H and O–H groups in total. The van der Waals surface area contributed by atoms with Crippen LogP contribution in [0.3, 0.4) is 0 Å². The summed E-state index contributed by atoms with van der Waals surface area (Å²) in [5, 5.41) is 6.57. The van der Waals surface area contributed by atoms with Crippen LogP contribution in [0.15, 0.2) is 4.99 Å². The van der Waals surface area contributed by atoms with Crippen molar-refractivity contribution >= 4 is 35.8 Å². The number of guanidine groups is 1. The third kappa shape index (κ3) is 8.41. The molecule has 2 rings (SSSR count). The van der Waals surface area contributed by atoms with Gasteiger partial charge in [-0.1, -0.05) is 6.42 Å². The van der Waals surface area contributed by atoms with E-state index in [0.29, 0.717) is 13.0 Å². The van der Waals surface area contributed by atoms with E-state index in [9.17, 15) is 4.79 Å². The number of carbonyl (C=O) groups excluding carboxylic acids is 1. The van der Waals surface area contributed by atoms with Gasteiger partial charge in [0.15, 0.2) is 5.96 Å². The first-order valence-electron chi connectivity index (χ1n) is 10.2. The number of likely N-dealkylation sites (tertiary alicyclic amines) is 2. The predicted octanol–water partition coefficient (Wildman–Crippen LogP) is 2.44. The minimum Gasteiger partial charge on any atom is -0.357 e. The van der Waals surface area contributed by atoms with E-state index in [0.717, 1.165) is 64.0 Å². The quantitative estimate of drug-likeness (QED) is 0.243. The van der Waals surface area contributed by atoms with E-state index in [-0.39, 0.29) is 29.9 Å². The number of hydrogen-bond donors (Lipinski definition) is 2. The molecule has 2 fully saturated rings. The summed E-state index contributed by atoms with van der Waals surface area (Å²) < 4.78 is 0. The molecule has 26 heavy (non-hydrogen) atoms. The molecule has 152 valence electrons. The Hall–Kier alpha value is -0.570. The Bertz CT molecular complexity index is 426. The van der Waals surface area contributed by atoms with Crippen LogP contribution in [0, 0.1) is 0 Å². The Morgan fingerprint density at radius 3 is 2.54 bits per heavy atom. The zero-order valence-corrected chi connectivity index (χ0v) is 19.0. The van der Waals surface area contributed by atoms with Gasteiger partial charge < -0.3 is 20.4 Å². The van der Waals surface area contributed by atoms with Crippen molar-refractivity contribution in [3.05, 3.63) is 0 Å². The molecule has 0 aromatic heterocycles. The van der Waals surface area contributed by atoms with Gasteiger partial charge in [-0.3, -0.25) is 9.79 Å². The number of nitrogens with one attached hydrogen (secondary N) is 2. The highest BCUT2D eigenvalue weighted by molar-refractivity contribution is 14.0. The van der Waals surface area contributed by atoms with Crippen molar-refractivity contribution in [3.63, 3.8) is 0 Å². The first-order chi connectivity index (χ1) is 12.2. The summed E-state index contributed by atoms with van der Waals surface area (Å²) in [5.41, 5.74) is 0. The molecular formula is C19H38IN5O. The topological polar surface area (TPSA) is 60.0 Å². The molecule has 1 unspecified atom stereocenters. The zero-order valence-electron chi connectivity index (χ0n) is 16.6. The molecular weight excluding hydrogens is 441 g/mol. The van der Waals surface area contributed by atoms with Crippen LogP contribution >= 0.6 is 24.0 Å². The standard InChI is InChI=1S/C19H37N5O.HI/c1-3-20-19(22-12-10-18(25)24-14-6-7-15-24)21-11-8-16-23-13-5-4-9-17(23)2;/h17H,3-16H2,1-2H3,(H2,20,21,22);1H. The van der Waals surface area contributed by atoms with Gasteiger partial charge in [-0.05, 0) is 52.5 Å². The summed E-state index contributed by atoms with van der Waals surface area (Å²) in [6, 6.07) is 0.723. The lowest BCUT2D eigenvalue weighted by molar-refractivity contribution is -0.129. The van der Waals surface area contributed by atoms with Crippen LogP contribution in [0.5, 0.6) is 0 Å². The highest BCUT2D eigenvalue weighted by atomic mass is 127. The first-order valence-corrected chi connectivity index (χ1v) is 10.2. The molecule has 0 spiro atoms. The first kappa shape index (κ1) is 23.5. The lowest BCUT2D eigenvalue weighted by atomic mass is 10.0. The van der Waals surface area contributed by atoms with Crippen molar-refractivity contribution < 1.29 is 4.79 Å². The largest absolute Gasteiger partial charge is 0.357 e. The molecule has 0 aromatic carbocycles. The van der Waals surface area contributed by atoms with Crippen LogP contribution in [0.4, 0.5) is 0 Å². The van der Waals surface area contributed by atoms with Gasteiger partial charge in [-0.2, -0.15) is 0 Å². The summed E-state index contributed by atoms with van der Waals surface area (Å²) in [6.07, 6.45) is 7.99. The zero-order chi connectivity index (χ0) is 17.9. The molecule has 7 heteroatoms. The molecule has 6 nitrogen and oxygen atoms in total. The summed E-state index contributed by atoms with van der Waals surface area (Å²) >= 11 is 0. The van der Waals surface area contributed by atoms with E-state index in [4.69, 9.17) is 0 Å². The SMILES string of the molecule is CCNC(=NCCCN1CCCCC1C)NCCC(=O)N1CCCC1.I. The number of aliphatic imine (C=N–C) groups is 1. The fourth-order valence-corrected chi connectivity index (χ4v) is 3.71. The van der Waals surface area contributed by atoms with Gasteiger partial charge in [-0.25, -0.2) is 0 Å². The second kappa shape index (κ2) is 13.6. The number of amides is 1. The lowest BCUT2D eigenvalue weighted by Gasteiger charge is -2.33. The van der Waals surface area contributed by atoms with E-state index < -0.39 is 0 Å². The lowest BCUT2D eigenvalue weighted by Crippen LogP contribution is -2.40. The van der Waals surface area contributed by atoms with Crippen molar-refractivity contribution in [1.82, 2.24) is 20.4 Å². The van der Waals surface area contributed by atoms with Crippen molar-refractivity contribution in [3.8, 4) is 0 Å². The van der Waals surface area contributed by atoms with Crippen LogP contribution in [-0.2, 0) is 4.79 Å². The van der Waals surface area contributed by atoms with Crippen LogP contribution in [-0.4, -0.2) is 73.5 Å². The van der Waals surface area contributed by atoms with Crippen LogP contribution in [0.2, 0.25) is 0 Å². The number of halogens is 1. The van der Waals surface area contributed by atoms with E-state index >= 15 is 0 Å². The second-order valence-electron chi connectivity index (χ2n) is 7.26. The van der Waals surface area contributed by atoms with Crippen LogP contribution in [0.25, 0.3) is 0 Å². The van der Waals surface area contributed by atoms with Gasteiger partial charge in [0, 0.05) is 51.7 Å². The molecule has 2 heterocycles. The fraction of sp³-hybridized carbons (Fsp3) is 0.895. The predicted molar refractivity (Wildman–Crippen MR) is 119 cm³/mol. The minimum absolute atomic E-state index is 0. The highest BCUT2D eigenvalue weighted by Gasteiger charge is 2.18. The molecule has 0 bridgehead atoms. The normalized spacial score (nSPS) is 21.4. The van der Waals surface area contributed by atoms with E-state index in [1.165, 1.54) is 25.8 Å². The van der Waals surface area contributed by atoms with E-state index in [2.05, 4.69) is 34.4 Å². The third-order valence-corrected chi connectivity index (χ3v) is 5.25. The minimum atomic E-state index is 0. The van der Waals surface area contributed by atoms with E-state index in [1.807, 2.05) is 4.90 Å². The number of piperidine rings is 1. The number of rotatable bonds is 8. The molecule has 0 saturated carbocycles. The molecule has 1 amide bonds. The Labute approximate surface area is 176 Å². The Morgan fingerprint density at radius 2 is 1.85 bits per heavy atom. The maximum atomic E-state index is 12.1. The van der Waals surface area contributed by atoms with Crippen molar-refractivity contribution in [2.45, 2.75) is 64.8 Å². The smallest absolute Gasteiger partial charge is 0.224 e. The maximum absolute atomic E-state index is 12.1. The molecule has 2 saturated heterocycles. The molecule has 0 aliphatic carbocycles. The van der Waals surface area contributed by atoms with Gasteiger partial charge in [0.1, 0.15) is 0 Å². The van der Waals surface area contributed by atoms with Crippen molar-refractivity contribution in [2.24, 2.45) is 4.99 Å². The molecule has 0 aromatic rings. The van der Waals surface area contributed by atoms with Gasteiger partial charge in [0.2, 0.25) is 5.91 Å². The average Bonchev–Trinajstić information content (AvgIpc) is 3.14. The third-order valence-electron chi connectivity index (χ3n) is 5.25. The van der Waals surface area contributed by atoms with Crippen molar-refractivity contribution in [2.75, 3.05) is 45.8 Å². The summed E-state index contributed by atoms with van der Waals surface area (Å²) in [6.45, 7) is 11.0. The van der Waals surface area contributed by atoms with Crippen LogP contribution < -0.4 is 10.6 Å². The van der Waals surface area contributed by atoms with Crippen LogP contribution in [0.1, 0.15) is 58.8 Å². The Morgan fingerprint density at radius 1 is 1.12 bits per heavy atom. The van der Waals surface area contributed by atoms with E-state index in [1.54, 1.807) is 0 Å². The van der Waals surface area contributed by atoms with Gasteiger partial charge in [0.25, 0.3) is 0 Å². The fourth-order valence-electron chi connectivity index (χ4n) is 3.71. The molecule has 2 aliphatic rings. The number of nitrogens with zero attached hydrogens (tertiary/aromatic N) is 3. The highest BCUT2D eigenvalue weighted by Crippen LogP contribution is 2.16. The molecule has 1 atom stereocenters. The van der Waals surface area contributed by atoms with Gasteiger partial charge in [-0.15, -0.1) is 24.0 Å². The molecule has 2 aliphatic heterocycles. The molecule has 0 radical (unpaired) electrons. The summed E-state index contributed by atoms with van der Waals surface area (Å²) in [4.78, 5) is 21.3. The number of hydrogen-bond acceptors (Lipinski definition) is 3. The second-order valence-corrected chi connectivity index (χ2v) is 7.26. The maximum Gasteiger partial charge on any atom is 0.224 e. The van der Waals surface area contributed by atoms with Gasteiger partial charge >= 0.3 is 0 Å². The Kier molecular flexibility index (Phi) is 12.3.